The molecule has 0 aliphatic heterocycles. The van der Waals surface area contributed by atoms with Crippen LogP contribution in [0.4, 0.5) is 5.82 Å². The minimum Gasteiger partial charge on any atom is -0.372 e. The van der Waals surface area contributed by atoms with E-state index in [1.54, 1.807) is 19.4 Å². The van der Waals surface area contributed by atoms with Gasteiger partial charge in [0, 0.05) is 13.2 Å². The highest BCUT2D eigenvalue weighted by molar-refractivity contribution is 5.91. The van der Waals surface area contributed by atoms with Gasteiger partial charge in [0.2, 0.25) is 0 Å². The smallest absolute Gasteiger partial charge is 0.271 e. The van der Waals surface area contributed by atoms with Gasteiger partial charge in [0.25, 0.3) is 5.91 Å². The molecule has 2 aromatic heterocycles. The van der Waals surface area contributed by atoms with Gasteiger partial charge in [-0.05, 0) is 6.92 Å². The van der Waals surface area contributed by atoms with Crippen LogP contribution in [0.25, 0.3) is 0 Å². The van der Waals surface area contributed by atoms with E-state index in [2.05, 4.69) is 30.6 Å². The zero-order valence-electron chi connectivity index (χ0n) is 10.7. The van der Waals surface area contributed by atoms with Crippen molar-refractivity contribution in [2.24, 2.45) is 0 Å². The SMILES string of the molecule is CNc1cnc(C(=O)NCc2cnc(C)cn2)cn1. The molecule has 7 heteroatoms. The molecule has 0 radical (unpaired) electrons. The molecule has 2 N–H and O–H groups in total. The summed E-state index contributed by atoms with van der Waals surface area (Å²) in [5.74, 6) is 0.318. The predicted octanol–water partition coefficient (Wildman–Crippen LogP) is 0.547. The Hall–Kier alpha value is -2.57. The minimum absolute atomic E-state index is 0.263. The first kappa shape index (κ1) is 12.9. The predicted molar refractivity (Wildman–Crippen MR) is 69.5 cm³/mol. The fourth-order valence-electron chi connectivity index (χ4n) is 1.35. The van der Waals surface area contributed by atoms with Crippen molar-refractivity contribution < 1.29 is 4.79 Å². The summed E-state index contributed by atoms with van der Waals surface area (Å²) in [5.41, 5.74) is 1.79. The standard InChI is InChI=1S/C12H14N6O/c1-8-3-15-9(4-14-8)5-18-12(19)10-6-17-11(13-2)7-16-10/h3-4,6-7H,5H2,1-2H3,(H,13,17)(H,18,19). The van der Waals surface area contributed by atoms with E-state index in [-0.39, 0.29) is 11.6 Å². The average Bonchev–Trinajstić information content (AvgIpc) is 2.46. The van der Waals surface area contributed by atoms with Gasteiger partial charge in [0.1, 0.15) is 11.5 Å². The molecule has 0 aliphatic rings. The number of amides is 1. The maximum absolute atomic E-state index is 11.8. The Bertz CT molecular complexity index is 551. The van der Waals surface area contributed by atoms with Crippen LogP contribution in [0.3, 0.4) is 0 Å². The Balaban J connectivity index is 1.95. The molecule has 0 saturated carbocycles. The summed E-state index contributed by atoms with van der Waals surface area (Å²) < 4.78 is 0. The van der Waals surface area contributed by atoms with Crippen LogP contribution in [0, 0.1) is 6.92 Å². The van der Waals surface area contributed by atoms with E-state index in [0.717, 1.165) is 5.69 Å². The molecular weight excluding hydrogens is 244 g/mol. The highest BCUT2D eigenvalue weighted by Crippen LogP contribution is 2.00. The number of carbonyl (C=O) groups is 1. The van der Waals surface area contributed by atoms with E-state index < -0.39 is 0 Å². The Kier molecular flexibility index (Phi) is 3.97. The molecule has 2 heterocycles. The van der Waals surface area contributed by atoms with Crippen LogP contribution in [0.5, 0.6) is 0 Å². The highest BCUT2D eigenvalue weighted by Gasteiger charge is 2.07. The number of hydrogen-bond donors (Lipinski definition) is 2. The van der Waals surface area contributed by atoms with Crippen LogP contribution < -0.4 is 10.6 Å². The lowest BCUT2D eigenvalue weighted by atomic mass is 10.3. The summed E-state index contributed by atoms with van der Waals surface area (Å²) in [6, 6.07) is 0. The Morgan fingerprint density at radius 2 is 1.95 bits per heavy atom. The first-order valence-electron chi connectivity index (χ1n) is 5.74. The molecule has 98 valence electrons. The monoisotopic (exact) mass is 258 g/mol. The maximum Gasteiger partial charge on any atom is 0.271 e. The number of carbonyl (C=O) groups excluding carboxylic acids is 1. The van der Waals surface area contributed by atoms with Crippen molar-refractivity contribution in [3.05, 3.63) is 41.9 Å². The zero-order chi connectivity index (χ0) is 13.7. The van der Waals surface area contributed by atoms with Crippen molar-refractivity contribution in [3.8, 4) is 0 Å². The first-order valence-corrected chi connectivity index (χ1v) is 5.74. The molecule has 0 fully saturated rings. The Labute approximate surface area is 110 Å². The fraction of sp³-hybridized carbons (Fsp3) is 0.250. The second-order valence-corrected chi connectivity index (χ2v) is 3.87. The van der Waals surface area contributed by atoms with Gasteiger partial charge in [-0.2, -0.15) is 0 Å². The molecule has 2 aromatic rings. The van der Waals surface area contributed by atoms with Crippen molar-refractivity contribution in [2.75, 3.05) is 12.4 Å². The molecule has 0 unspecified atom stereocenters. The van der Waals surface area contributed by atoms with Crippen LogP contribution in [0.15, 0.2) is 24.8 Å². The van der Waals surface area contributed by atoms with Crippen molar-refractivity contribution in [1.82, 2.24) is 25.3 Å². The van der Waals surface area contributed by atoms with Gasteiger partial charge in [-0.3, -0.25) is 14.8 Å². The number of aryl methyl sites for hydroxylation is 1. The topological polar surface area (TPSA) is 92.7 Å². The zero-order valence-corrected chi connectivity index (χ0v) is 10.7. The number of anilines is 1. The minimum atomic E-state index is -0.294. The largest absolute Gasteiger partial charge is 0.372 e. The molecular formula is C12H14N6O. The normalized spacial score (nSPS) is 10.0. The lowest BCUT2D eigenvalue weighted by Crippen LogP contribution is -2.24. The molecule has 0 aromatic carbocycles. The average molecular weight is 258 g/mol. The molecule has 1 amide bonds. The van der Waals surface area contributed by atoms with Gasteiger partial charge in [0.15, 0.2) is 0 Å². The third-order valence-corrected chi connectivity index (χ3v) is 2.41. The van der Waals surface area contributed by atoms with Crippen molar-refractivity contribution in [1.29, 1.82) is 0 Å². The lowest BCUT2D eigenvalue weighted by molar-refractivity contribution is 0.0945. The van der Waals surface area contributed by atoms with Crippen LogP contribution in [-0.4, -0.2) is 32.9 Å². The number of nitrogens with one attached hydrogen (secondary N) is 2. The van der Waals surface area contributed by atoms with Crippen molar-refractivity contribution >= 4 is 11.7 Å². The second-order valence-electron chi connectivity index (χ2n) is 3.87. The molecule has 0 bridgehead atoms. The van der Waals surface area contributed by atoms with E-state index in [0.29, 0.717) is 18.1 Å². The molecule has 19 heavy (non-hydrogen) atoms. The van der Waals surface area contributed by atoms with Crippen LogP contribution in [0.1, 0.15) is 21.9 Å². The van der Waals surface area contributed by atoms with Crippen molar-refractivity contribution in [2.45, 2.75) is 13.5 Å². The molecule has 0 spiro atoms. The molecule has 7 nitrogen and oxygen atoms in total. The lowest BCUT2D eigenvalue weighted by Gasteiger charge is -2.04. The number of nitrogens with zero attached hydrogens (tertiary/aromatic N) is 4. The van der Waals surface area contributed by atoms with E-state index in [1.807, 2.05) is 6.92 Å². The van der Waals surface area contributed by atoms with Gasteiger partial charge in [-0.15, -0.1) is 0 Å². The summed E-state index contributed by atoms with van der Waals surface area (Å²) in [7, 11) is 1.74. The van der Waals surface area contributed by atoms with E-state index in [1.165, 1.54) is 12.4 Å². The maximum atomic E-state index is 11.8. The van der Waals surface area contributed by atoms with Gasteiger partial charge < -0.3 is 10.6 Å². The van der Waals surface area contributed by atoms with Gasteiger partial charge in [0.05, 0.1) is 36.5 Å². The van der Waals surface area contributed by atoms with E-state index in [4.69, 9.17) is 0 Å². The molecule has 0 atom stereocenters. The summed E-state index contributed by atoms with van der Waals surface area (Å²) in [6.07, 6.45) is 6.21. The van der Waals surface area contributed by atoms with Crippen molar-refractivity contribution in [3.63, 3.8) is 0 Å². The van der Waals surface area contributed by atoms with Gasteiger partial charge in [-0.1, -0.05) is 0 Å². The summed E-state index contributed by atoms with van der Waals surface area (Å²) in [6.45, 7) is 2.16. The molecule has 0 saturated heterocycles. The van der Waals surface area contributed by atoms with Gasteiger partial charge >= 0.3 is 0 Å². The molecule has 2 rings (SSSR count). The Morgan fingerprint density at radius 1 is 1.11 bits per heavy atom. The number of hydrogen-bond acceptors (Lipinski definition) is 6. The molecule has 0 aliphatic carbocycles. The summed E-state index contributed by atoms with van der Waals surface area (Å²) in [4.78, 5) is 28.1. The third-order valence-electron chi connectivity index (χ3n) is 2.41. The number of rotatable bonds is 4. The quantitative estimate of drug-likeness (QED) is 0.831. The van der Waals surface area contributed by atoms with Crippen LogP contribution in [-0.2, 0) is 6.54 Å². The summed E-state index contributed by atoms with van der Waals surface area (Å²) in [5, 5.41) is 5.54. The van der Waals surface area contributed by atoms with Gasteiger partial charge in [-0.25, -0.2) is 9.97 Å². The summed E-state index contributed by atoms with van der Waals surface area (Å²) >= 11 is 0. The Morgan fingerprint density at radius 3 is 2.53 bits per heavy atom. The number of aromatic nitrogens is 4. The van der Waals surface area contributed by atoms with E-state index >= 15 is 0 Å². The fourth-order valence-corrected chi connectivity index (χ4v) is 1.35. The first-order chi connectivity index (χ1) is 9.19. The van der Waals surface area contributed by atoms with E-state index in [9.17, 15) is 4.79 Å². The second kappa shape index (κ2) is 5.85. The van der Waals surface area contributed by atoms with Crippen LogP contribution in [0.2, 0.25) is 0 Å². The highest BCUT2D eigenvalue weighted by atomic mass is 16.1. The van der Waals surface area contributed by atoms with Crippen LogP contribution >= 0.6 is 0 Å². The third kappa shape index (κ3) is 3.44.